The SMILES string of the molecule is CC1CN(c2oc(-c3ccccc3)nc2S(=O)(=O)c2ccccc2)CC(C)O1. The molecule has 7 heteroatoms. The van der Waals surface area contributed by atoms with E-state index in [1.54, 1.807) is 30.3 Å². The molecule has 0 saturated carbocycles. The second-order valence-electron chi connectivity index (χ2n) is 6.97. The molecule has 28 heavy (non-hydrogen) atoms. The third-order valence-electron chi connectivity index (χ3n) is 4.62. The third kappa shape index (κ3) is 3.55. The minimum Gasteiger partial charge on any atom is -0.419 e. The van der Waals surface area contributed by atoms with Crippen LogP contribution in [0.1, 0.15) is 13.8 Å². The Bertz CT molecular complexity index is 1040. The number of nitrogens with zero attached hydrogens (tertiary/aromatic N) is 2. The molecular weight excluding hydrogens is 376 g/mol. The van der Waals surface area contributed by atoms with Gasteiger partial charge in [0.25, 0.3) is 0 Å². The molecule has 1 fully saturated rings. The van der Waals surface area contributed by atoms with E-state index in [9.17, 15) is 8.42 Å². The zero-order valence-electron chi connectivity index (χ0n) is 15.8. The summed E-state index contributed by atoms with van der Waals surface area (Å²) in [7, 11) is -3.83. The fourth-order valence-corrected chi connectivity index (χ4v) is 4.77. The smallest absolute Gasteiger partial charge is 0.236 e. The van der Waals surface area contributed by atoms with Gasteiger partial charge in [0, 0.05) is 18.7 Å². The van der Waals surface area contributed by atoms with Crippen LogP contribution in [-0.2, 0) is 14.6 Å². The predicted octanol–water partition coefficient (Wildman–Crippen LogP) is 3.79. The van der Waals surface area contributed by atoms with Gasteiger partial charge in [0.05, 0.1) is 17.1 Å². The standard InChI is InChI=1S/C21H22N2O4S/c1-15-13-23(14-16(2)26-15)21-20(28(24,25)18-11-7-4-8-12-18)22-19(27-21)17-9-5-3-6-10-17/h3-12,15-16H,13-14H2,1-2H3. The van der Waals surface area contributed by atoms with Crippen LogP contribution < -0.4 is 4.90 Å². The first-order valence-corrected chi connectivity index (χ1v) is 10.7. The average Bonchev–Trinajstić information content (AvgIpc) is 3.15. The van der Waals surface area contributed by atoms with Crippen molar-refractivity contribution < 1.29 is 17.6 Å². The number of anilines is 1. The number of aromatic nitrogens is 1. The van der Waals surface area contributed by atoms with E-state index >= 15 is 0 Å². The highest BCUT2D eigenvalue weighted by Gasteiger charge is 2.34. The molecule has 0 N–H and O–H groups in total. The Labute approximate surface area is 164 Å². The summed E-state index contributed by atoms with van der Waals surface area (Å²) in [6, 6.07) is 17.6. The molecule has 2 unspecified atom stereocenters. The number of ether oxygens (including phenoxy) is 1. The van der Waals surface area contributed by atoms with Crippen LogP contribution in [0.4, 0.5) is 5.88 Å². The van der Waals surface area contributed by atoms with Gasteiger partial charge in [-0.2, -0.15) is 4.98 Å². The molecule has 4 rings (SSSR count). The van der Waals surface area contributed by atoms with Crippen molar-refractivity contribution in [2.75, 3.05) is 18.0 Å². The van der Waals surface area contributed by atoms with E-state index < -0.39 is 9.84 Å². The highest BCUT2D eigenvalue weighted by atomic mass is 32.2. The topological polar surface area (TPSA) is 72.6 Å². The molecule has 0 spiro atoms. The maximum Gasteiger partial charge on any atom is 0.236 e. The molecule has 0 amide bonds. The van der Waals surface area contributed by atoms with Crippen molar-refractivity contribution in [1.29, 1.82) is 0 Å². The van der Waals surface area contributed by atoms with E-state index in [0.29, 0.717) is 13.1 Å². The van der Waals surface area contributed by atoms with Gasteiger partial charge in [-0.15, -0.1) is 0 Å². The van der Waals surface area contributed by atoms with Crippen LogP contribution in [0.2, 0.25) is 0 Å². The molecule has 1 aliphatic heterocycles. The van der Waals surface area contributed by atoms with Gasteiger partial charge in [-0.25, -0.2) is 8.42 Å². The minimum absolute atomic E-state index is 0.0405. The Hall–Kier alpha value is -2.64. The fraction of sp³-hybridized carbons (Fsp3) is 0.286. The lowest BCUT2D eigenvalue weighted by Gasteiger charge is -2.35. The van der Waals surface area contributed by atoms with Gasteiger partial charge in [0.15, 0.2) is 0 Å². The molecule has 2 aromatic carbocycles. The summed E-state index contributed by atoms with van der Waals surface area (Å²) in [5.74, 6) is 0.557. The highest BCUT2D eigenvalue weighted by molar-refractivity contribution is 7.91. The van der Waals surface area contributed by atoms with Crippen LogP contribution in [0.25, 0.3) is 11.5 Å². The first kappa shape index (κ1) is 18.7. The van der Waals surface area contributed by atoms with Gasteiger partial charge < -0.3 is 14.1 Å². The first-order chi connectivity index (χ1) is 13.4. The lowest BCUT2D eigenvalue weighted by molar-refractivity contribution is -0.00657. The molecule has 0 bridgehead atoms. The predicted molar refractivity (Wildman–Crippen MR) is 106 cm³/mol. The Balaban J connectivity index is 1.85. The molecule has 1 saturated heterocycles. The fourth-order valence-electron chi connectivity index (χ4n) is 3.43. The molecule has 2 heterocycles. The van der Waals surface area contributed by atoms with Crippen LogP contribution in [0.5, 0.6) is 0 Å². The van der Waals surface area contributed by atoms with Gasteiger partial charge in [-0.3, -0.25) is 0 Å². The molecule has 0 aliphatic carbocycles. The zero-order chi connectivity index (χ0) is 19.7. The van der Waals surface area contributed by atoms with Gasteiger partial charge in [-0.1, -0.05) is 36.4 Å². The van der Waals surface area contributed by atoms with Gasteiger partial charge in [-0.05, 0) is 38.1 Å². The van der Waals surface area contributed by atoms with Crippen molar-refractivity contribution >= 4 is 15.7 Å². The van der Waals surface area contributed by atoms with Crippen molar-refractivity contribution in [3.63, 3.8) is 0 Å². The van der Waals surface area contributed by atoms with Gasteiger partial charge >= 0.3 is 0 Å². The Morgan fingerprint density at radius 2 is 1.50 bits per heavy atom. The number of sulfone groups is 1. The lowest BCUT2D eigenvalue weighted by atomic mass is 10.2. The summed E-state index contributed by atoms with van der Waals surface area (Å²) in [6.45, 7) is 4.99. The Morgan fingerprint density at radius 3 is 2.11 bits per heavy atom. The Morgan fingerprint density at radius 1 is 0.929 bits per heavy atom. The molecule has 0 radical (unpaired) electrons. The molecule has 1 aromatic heterocycles. The van der Waals surface area contributed by atoms with Crippen molar-refractivity contribution in [3.05, 3.63) is 60.7 Å². The van der Waals surface area contributed by atoms with Crippen LogP contribution in [0, 0.1) is 0 Å². The third-order valence-corrected chi connectivity index (χ3v) is 6.28. The summed E-state index contributed by atoms with van der Waals surface area (Å²) in [6.07, 6.45) is -0.0809. The largest absolute Gasteiger partial charge is 0.419 e. The van der Waals surface area contributed by atoms with E-state index in [1.165, 1.54) is 0 Å². The molecule has 2 atom stereocenters. The number of morpholine rings is 1. The Kier molecular flexibility index (Phi) is 4.95. The maximum atomic E-state index is 13.3. The quantitative estimate of drug-likeness (QED) is 0.666. The van der Waals surface area contributed by atoms with Crippen LogP contribution in [-0.4, -0.2) is 38.7 Å². The lowest BCUT2D eigenvalue weighted by Crippen LogP contribution is -2.45. The summed E-state index contributed by atoms with van der Waals surface area (Å²) in [4.78, 5) is 6.52. The van der Waals surface area contributed by atoms with E-state index in [4.69, 9.17) is 9.15 Å². The van der Waals surface area contributed by atoms with Crippen LogP contribution in [0.15, 0.2) is 75.0 Å². The average molecular weight is 398 g/mol. The number of benzene rings is 2. The minimum atomic E-state index is -3.83. The summed E-state index contributed by atoms with van der Waals surface area (Å²) in [5.41, 5.74) is 0.729. The van der Waals surface area contributed by atoms with Crippen LogP contribution in [0.3, 0.4) is 0 Å². The zero-order valence-corrected chi connectivity index (χ0v) is 16.6. The van der Waals surface area contributed by atoms with E-state index in [1.807, 2.05) is 49.1 Å². The van der Waals surface area contributed by atoms with E-state index in [0.717, 1.165) is 5.56 Å². The maximum absolute atomic E-state index is 13.3. The molecular formula is C21H22N2O4S. The van der Waals surface area contributed by atoms with Gasteiger partial charge in [0.1, 0.15) is 0 Å². The molecule has 6 nitrogen and oxygen atoms in total. The summed E-state index contributed by atoms with van der Waals surface area (Å²) < 4.78 is 38.5. The normalized spacial score (nSPS) is 20.3. The van der Waals surface area contributed by atoms with Gasteiger partial charge in [0.2, 0.25) is 26.6 Å². The highest BCUT2D eigenvalue weighted by Crippen LogP contribution is 2.35. The summed E-state index contributed by atoms with van der Waals surface area (Å²) >= 11 is 0. The second-order valence-corrected chi connectivity index (χ2v) is 8.84. The van der Waals surface area contributed by atoms with Crippen molar-refractivity contribution in [3.8, 4) is 11.5 Å². The van der Waals surface area contributed by atoms with Crippen LogP contribution >= 0.6 is 0 Å². The van der Waals surface area contributed by atoms with Crippen molar-refractivity contribution in [2.24, 2.45) is 0 Å². The molecule has 146 valence electrons. The molecule has 3 aromatic rings. The number of rotatable bonds is 4. The second kappa shape index (κ2) is 7.41. The number of hydrogen-bond acceptors (Lipinski definition) is 6. The van der Waals surface area contributed by atoms with Crippen molar-refractivity contribution in [2.45, 2.75) is 36.0 Å². The first-order valence-electron chi connectivity index (χ1n) is 9.22. The van der Waals surface area contributed by atoms with E-state index in [2.05, 4.69) is 4.98 Å². The molecule has 1 aliphatic rings. The number of hydrogen-bond donors (Lipinski definition) is 0. The van der Waals surface area contributed by atoms with Crippen molar-refractivity contribution in [1.82, 2.24) is 4.98 Å². The summed E-state index contributed by atoms with van der Waals surface area (Å²) in [5, 5.41) is -0.0566. The monoisotopic (exact) mass is 398 g/mol. The van der Waals surface area contributed by atoms with E-state index in [-0.39, 0.29) is 33.9 Å². The number of oxazole rings is 1.